The first-order valence-corrected chi connectivity index (χ1v) is 7.54. The molecule has 20 heavy (non-hydrogen) atoms. The van der Waals surface area contributed by atoms with Crippen molar-refractivity contribution in [1.29, 1.82) is 0 Å². The van der Waals surface area contributed by atoms with Gasteiger partial charge in [0, 0.05) is 15.0 Å². The molecule has 1 rings (SSSR count). The van der Waals surface area contributed by atoms with Gasteiger partial charge in [0.1, 0.15) is 0 Å². The van der Waals surface area contributed by atoms with Crippen molar-refractivity contribution >= 4 is 49.4 Å². The number of carbonyl (C=O) groups is 2. The van der Waals surface area contributed by atoms with E-state index in [1.807, 2.05) is 13.8 Å². The molecule has 0 aliphatic heterocycles. The number of esters is 1. The van der Waals surface area contributed by atoms with E-state index in [9.17, 15) is 9.59 Å². The van der Waals surface area contributed by atoms with Crippen molar-refractivity contribution in [3.63, 3.8) is 0 Å². The maximum atomic E-state index is 11.9. The van der Waals surface area contributed by atoms with Gasteiger partial charge in [-0.2, -0.15) is 0 Å². The van der Waals surface area contributed by atoms with Gasteiger partial charge in [-0.3, -0.25) is 4.79 Å². The lowest BCUT2D eigenvalue weighted by molar-refractivity contribution is -0.115. The molecule has 1 amide bonds. The number of nitrogens with one attached hydrogen (secondary N) is 2. The van der Waals surface area contributed by atoms with Gasteiger partial charge in [-0.25, -0.2) is 4.79 Å². The number of methoxy groups -OCH3 is 1. The number of hydrogen-bond acceptors (Lipinski definition) is 4. The van der Waals surface area contributed by atoms with E-state index in [-0.39, 0.29) is 24.1 Å². The predicted molar refractivity (Wildman–Crippen MR) is 84.9 cm³/mol. The van der Waals surface area contributed by atoms with Gasteiger partial charge in [-0.05, 0) is 28.1 Å². The number of benzene rings is 1. The zero-order valence-corrected chi connectivity index (χ0v) is 14.6. The summed E-state index contributed by atoms with van der Waals surface area (Å²) >= 11 is 6.63. The zero-order valence-electron chi connectivity index (χ0n) is 11.4. The average Bonchev–Trinajstić information content (AvgIpc) is 2.38. The molecule has 0 saturated heterocycles. The first-order chi connectivity index (χ1) is 9.35. The molecule has 0 saturated carbocycles. The molecule has 0 fully saturated rings. The molecule has 0 unspecified atom stereocenters. The summed E-state index contributed by atoms with van der Waals surface area (Å²) in [6.07, 6.45) is 0. The molecular formula is C13H16Br2N2O3. The molecule has 0 aliphatic carbocycles. The Hall–Kier alpha value is -0.920. The van der Waals surface area contributed by atoms with Crippen LogP contribution in [-0.4, -0.2) is 31.6 Å². The smallest absolute Gasteiger partial charge is 0.340 e. The van der Waals surface area contributed by atoms with Crippen molar-refractivity contribution < 1.29 is 14.3 Å². The SMILES string of the molecule is COC(=O)c1cc(Br)cc(Br)c1NC(=O)CNC(C)C. The summed E-state index contributed by atoms with van der Waals surface area (Å²) in [7, 11) is 1.29. The van der Waals surface area contributed by atoms with Crippen LogP contribution in [0.3, 0.4) is 0 Å². The van der Waals surface area contributed by atoms with E-state index in [4.69, 9.17) is 4.74 Å². The van der Waals surface area contributed by atoms with Crippen LogP contribution in [0.2, 0.25) is 0 Å². The van der Waals surface area contributed by atoms with Gasteiger partial charge in [-0.15, -0.1) is 0 Å². The van der Waals surface area contributed by atoms with Crippen LogP contribution in [0.25, 0.3) is 0 Å². The van der Waals surface area contributed by atoms with E-state index in [2.05, 4.69) is 42.5 Å². The van der Waals surface area contributed by atoms with Crippen molar-refractivity contribution in [3.05, 3.63) is 26.6 Å². The second kappa shape index (κ2) is 7.75. The number of amides is 1. The molecule has 5 nitrogen and oxygen atoms in total. The summed E-state index contributed by atoms with van der Waals surface area (Å²) in [5, 5.41) is 5.71. The Labute approximate surface area is 134 Å². The molecule has 0 aliphatic rings. The third-order valence-corrected chi connectivity index (χ3v) is 3.48. The largest absolute Gasteiger partial charge is 0.465 e. The normalized spacial score (nSPS) is 10.5. The molecule has 2 N–H and O–H groups in total. The maximum Gasteiger partial charge on any atom is 0.340 e. The second-order valence-electron chi connectivity index (χ2n) is 4.39. The van der Waals surface area contributed by atoms with Gasteiger partial charge in [-0.1, -0.05) is 29.8 Å². The van der Waals surface area contributed by atoms with Crippen LogP contribution >= 0.6 is 31.9 Å². The number of halogens is 2. The molecular weight excluding hydrogens is 392 g/mol. The summed E-state index contributed by atoms with van der Waals surface area (Å²) < 4.78 is 6.03. The minimum absolute atomic E-state index is 0.167. The van der Waals surface area contributed by atoms with Crippen LogP contribution < -0.4 is 10.6 Å². The van der Waals surface area contributed by atoms with Gasteiger partial charge in [0.25, 0.3) is 0 Å². The molecule has 0 radical (unpaired) electrons. The topological polar surface area (TPSA) is 67.4 Å². The van der Waals surface area contributed by atoms with Crippen molar-refractivity contribution in [2.45, 2.75) is 19.9 Å². The van der Waals surface area contributed by atoms with Crippen molar-refractivity contribution in [1.82, 2.24) is 5.32 Å². The third kappa shape index (κ3) is 4.88. The van der Waals surface area contributed by atoms with Crippen LogP contribution in [0.1, 0.15) is 24.2 Å². The Morgan fingerprint density at radius 3 is 2.50 bits per heavy atom. The van der Waals surface area contributed by atoms with E-state index in [1.54, 1.807) is 12.1 Å². The Morgan fingerprint density at radius 1 is 1.30 bits per heavy atom. The Kier molecular flexibility index (Phi) is 6.64. The fourth-order valence-electron chi connectivity index (χ4n) is 1.45. The predicted octanol–water partition coefficient (Wildman–Crippen LogP) is 2.93. The van der Waals surface area contributed by atoms with E-state index in [0.29, 0.717) is 14.6 Å². The minimum atomic E-state index is -0.515. The lowest BCUT2D eigenvalue weighted by Crippen LogP contribution is -2.33. The molecule has 1 aromatic carbocycles. The Morgan fingerprint density at radius 2 is 1.95 bits per heavy atom. The highest BCUT2D eigenvalue weighted by atomic mass is 79.9. The number of carbonyl (C=O) groups excluding carboxylic acids is 2. The molecule has 0 aromatic heterocycles. The maximum absolute atomic E-state index is 11.9. The van der Waals surface area contributed by atoms with Gasteiger partial charge >= 0.3 is 5.97 Å². The summed E-state index contributed by atoms with van der Waals surface area (Å²) in [4.78, 5) is 23.6. The van der Waals surface area contributed by atoms with Crippen LogP contribution in [0.4, 0.5) is 5.69 Å². The molecule has 0 atom stereocenters. The second-order valence-corrected chi connectivity index (χ2v) is 6.16. The summed E-state index contributed by atoms with van der Waals surface area (Å²) in [5.74, 6) is -0.744. The summed E-state index contributed by atoms with van der Waals surface area (Å²) in [6, 6.07) is 3.55. The molecule has 110 valence electrons. The number of anilines is 1. The monoisotopic (exact) mass is 406 g/mol. The first-order valence-electron chi connectivity index (χ1n) is 5.95. The third-order valence-electron chi connectivity index (χ3n) is 2.40. The number of rotatable bonds is 5. The lowest BCUT2D eigenvalue weighted by atomic mass is 10.2. The standard InChI is InChI=1S/C13H16Br2N2O3/c1-7(2)16-6-11(18)17-12-9(13(19)20-3)4-8(14)5-10(12)15/h4-5,7,16H,6H2,1-3H3,(H,17,18). The highest BCUT2D eigenvalue weighted by molar-refractivity contribution is 9.11. The van der Waals surface area contributed by atoms with E-state index < -0.39 is 5.97 Å². The lowest BCUT2D eigenvalue weighted by Gasteiger charge is -2.13. The summed E-state index contributed by atoms with van der Waals surface area (Å²) in [6.45, 7) is 4.06. The van der Waals surface area contributed by atoms with Gasteiger partial charge in [0.2, 0.25) is 5.91 Å². The Bertz CT molecular complexity index is 519. The van der Waals surface area contributed by atoms with Crippen molar-refractivity contribution in [3.8, 4) is 0 Å². The van der Waals surface area contributed by atoms with Gasteiger partial charge < -0.3 is 15.4 Å². The first kappa shape index (κ1) is 17.1. The van der Waals surface area contributed by atoms with E-state index in [1.165, 1.54) is 7.11 Å². The molecule has 1 aromatic rings. The quantitative estimate of drug-likeness (QED) is 0.736. The van der Waals surface area contributed by atoms with Gasteiger partial charge in [0.15, 0.2) is 0 Å². The number of ether oxygens (including phenoxy) is 1. The summed E-state index contributed by atoms with van der Waals surface area (Å²) in [5.41, 5.74) is 0.683. The van der Waals surface area contributed by atoms with Crippen LogP contribution in [0, 0.1) is 0 Å². The van der Waals surface area contributed by atoms with E-state index in [0.717, 1.165) is 0 Å². The van der Waals surface area contributed by atoms with Crippen LogP contribution in [0.5, 0.6) is 0 Å². The van der Waals surface area contributed by atoms with Crippen LogP contribution in [0.15, 0.2) is 21.1 Å². The van der Waals surface area contributed by atoms with Crippen molar-refractivity contribution in [2.24, 2.45) is 0 Å². The highest BCUT2D eigenvalue weighted by Crippen LogP contribution is 2.31. The fourth-order valence-corrected chi connectivity index (χ4v) is 2.78. The fraction of sp³-hybridized carbons (Fsp3) is 0.385. The zero-order chi connectivity index (χ0) is 15.3. The number of hydrogen-bond donors (Lipinski definition) is 2. The Balaban J connectivity index is 2.98. The molecule has 0 bridgehead atoms. The highest BCUT2D eigenvalue weighted by Gasteiger charge is 2.18. The van der Waals surface area contributed by atoms with Crippen molar-refractivity contribution in [2.75, 3.05) is 19.0 Å². The molecule has 0 spiro atoms. The van der Waals surface area contributed by atoms with Gasteiger partial charge in [0.05, 0.1) is 24.9 Å². The molecule has 0 heterocycles. The molecule has 7 heteroatoms. The van der Waals surface area contributed by atoms with Crippen LogP contribution in [-0.2, 0) is 9.53 Å². The average molecular weight is 408 g/mol. The minimum Gasteiger partial charge on any atom is -0.465 e. The van der Waals surface area contributed by atoms with E-state index >= 15 is 0 Å².